The van der Waals surface area contributed by atoms with Gasteiger partial charge in [-0.15, -0.1) is 0 Å². The van der Waals surface area contributed by atoms with Crippen LogP contribution in [0.3, 0.4) is 0 Å². The van der Waals surface area contributed by atoms with Crippen molar-refractivity contribution in [2.24, 2.45) is 0 Å². The Bertz CT molecular complexity index is 683. The number of pyridine rings is 1. The minimum Gasteiger partial charge on any atom is -0.348 e. The molecule has 102 valence electrons. The Labute approximate surface area is 117 Å². The lowest BCUT2D eigenvalue weighted by Gasteiger charge is -2.19. The zero-order valence-corrected chi connectivity index (χ0v) is 11.6. The summed E-state index contributed by atoms with van der Waals surface area (Å²) in [6.07, 6.45) is 10.2. The summed E-state index contributed by atoms with van der Waals surface area (Å²) in [5.74, 6) is 0.896. The lowest BCUT2D eigenvalue weighted by molar-refractivity contribution is 0.570. The van der Waals surface area contributed by atoms with Crippen molar-refractivity contribution in [2.45, 2.75) is 26.3 Å². The van der Waals surface area contributed by atoms with Crippen LogP contribution in [-0.2, 0) is 0 Å². The molecule has 1 unspecified atom stereocenters. The monoisotopic (exact) mass is 267 g/mol. The first-order valence-corrected chi connectivity index (χ1v) is 6.74. The van der Waals surface area contributed by atoms with Crippen molar-refractivity contribution in [2.75, 3.05) is 0 Å². The van der Waals surface area contributed by atoms with E-state index in [4.69, 9.17) is 0 Å². The Morgan fingerprint density at radius 2 is 2.00 bits per heavy atom. The molecular formula is C15H17N5. The van der Waals surface area contributed by atoms with Crippen molar-refractivity contribution in [3.63, 3.8) is 0 Å². The predicted molar refractivity (Wildman–Crippen MR) is 77.2 cm³/mol. The minimum absolute atomic E-state index is 0.242. The van der Waals surface area contributed by atoms with Crippen molar-refractivity contribution >= 4 is 0 Å². The quantitative estimate of drug-likeness (QED) is 0.790. The molecule has 0 spiro atoms. The molecule has 0 amide bonds. The van der Waals surface area contributed by atoms with Gasteiger partial charge >= 0.3 is 0 Å². The zero-order valence-electron chi connectivity index (χ0n) is 11.6. The summed E-state index contributed by atoms with van der Waals surface area (Å²) < 4.78 is 2.18. The molecule has 0 aromatic carbocycles. The summed E-state index contributed by atoms with van der Waals surface area (Å²) >= 11 is 0. The highest BCUT2D eigenvalue weighted by atomic mass is 15.1. The van der Waals surface area contributed by atoms with E-state index in [0.717, 1.165) is 23.6 Å². The van der Waals surface area contributed by atoms with Gasteiger partial charge < -0.3 is 9.55 Å². The van der Waals surface area contributed by atoms with Crippen LogP contribution in [0, 0.1) is 6.92 Å². The second-order valence-electron chi connectivity index (χ2n) is 4.74. The van der Waals surface area contributed by atoms with Gasteiger partial charge in [-0.1, -0.05) is 6.92 Å². The summed E-state index contributed by atoms with van der Waals surface area (Å²) in [5.41, 5.74) is 3.17. The second kappa shape index (κ2) is 5.28. The third-order valence-electron chi connectivity index (χ3n) is 3.52. The summed E-state index contributed by atoms with van der Waals surface area (Å²) in [7, 11) is 0. The number of aromatic nitrogens is 5. The maximum atomic E-state index is 4.48. The van der Waals surface area contributed by atoms with Crippen molar-refractivity contribution in [3.8, 4) is 11.5 Å². The Morgan fingerprint density at radius 3 is 2.65 bits per heavy atom. The molecule has 0 bridgehead atoms. The Morgan fingerprint density at radius 1 is 1.20 bits per heavy atom. The highest BCUT2D eigenvalue weighted by Crippen LogP contribution is 2.27. The first-order chi connectivity index (χ1) is 9.81. The highest BCUT2D eigenvalue weighted by molar-refractivity contribution is 5.53. The van der Waals surface area contributed by atoms with Crippen molar-refractivity contribution in [1.29, 1.82) is 0 Å². The zero-order chi connectivity index (χ0) is 13.9. The summed E-state index contributed by atoms with van der Waals surface area (Å²) in [5, 5.41) is 0. The van der Waals surface area contributed by atoms with E-state index in [1.165, 1.54) is 5.56 Å². The van der Waals surface area contributed by atoms with Crippen molar-refractivity contribution in [1.82, 2.24) is 24.5 Å². The molecule has 0 aliphatic carbocycles. The number of hydrogen-bond donors (Lipinski definition) is 1. The molecule has 3 aromatic rings. The van der Waals surface area contributed by atoms with Gasteiger partial charge in [-0.25, -0.2) is 9.97 Å². The van der Waals surface area contributed by atoms with Crippen LogP contribution in [0.2, 0.25) is 0 Å². The fourth-order valence-electron chi connectivity index (χ4n) is 2.51. The smallest absolute Gasteiger partial charge is 0.161 e. The number of hydrogen-bond acceptors (Lipinski definition) is 3. The minimum atomic E-state index is 0.242. The fourth-order valence-corrected chi connectivity index (χ4v) is 2.51. The van der Waals surface area contributed by atoms with Gasteiger partial charge in [-0.2, -0.15) is 0 Å². The second-order valence-corrected chi connectivity index (χ2v) is 4.74. The van der Waals surface area contributed by atoms with E-state index >= 15 is 0 Å². The van der Waals surface area contributed by atoms with E-state index in [-0.39, 0.29) is 6.04 Å². The van der Waals surface area contributed by atoms with Gasteiger partial charge in [0, 0.05) is 30.5 Å². The standard InChI is InChI=1S/C15H17N5/c1-3-13(12-4-6-16-7-5-12)20-9-8-17-15(20)14-11(2)18-10-19-14/h4-10,13H,3H2,1-2H3,(H,18,19). The van der Waals surface area contributed by atoms with Crippen LogP contribution < -0.4 is 0 Å². The van der Waals surface area contributed by atoms with Crippen LogP contribution in [0.4, 0.5) is 0 Å². The Balaban J connectivity index is 2.07. The van der Waals surface area contributed by atoms with Gasteiger partial charge in [0.25, 0.3) is 0 Å². The first-order valence-electron chi connectivity index (χ1n) is 6.74. The molecule has 1 atom stereocenters. The van der Waals surface area contributed by atoms with Crippen LogP contribution in [0.25, 0.3) is 11.5 Å². The van der Waals surface area contributed by atoms with Gasteiger partial charge in [0.05, 0.1) is 12.4 Å². The highest BCUT2D eigenvalue weighted by Gasteiger charge is 2.18. The molecule has 1 N–H and O–H groups in total. The Kier molecular flexibility index (Phi) is 3.33. The van der Waals surface area contributed by atoms with Crippen LogP contribution in [0.15, 0.2) is 43.2 Å². The molecule has 0 fully saturated rings. The van der Waals surface area contributed by atoms with Gasteiger partial charge in [0.1, 0.15) is 5.69 Å². The van der Waals surface area contributed by atoms with Crippen LogP contribution in [0.5, 0.6) is 0 Å². The number of nitrogens with zero attached hydrogens (tertiary/aromatic N) is 4. The number of aromatic amines is 1. The molecule has 3 rings (SSSR count). The van der Waals surface area contributed by atoms with Crippen LogP contribution in [0.1, 0.15) is 30.6 Å². The molecule has 0 saturated carbocycles. The van der Waals surface area contributed by atoms with E-state index in [2.05, 4.69) is 43.6 Å². The third-order valence-corrected chi connectivity index (χ3v) is 3.52. The molecule has 0 aliphatic heterocycles. The largest absolute Gasteiger partial charge is 0.348 e. The average molecular weight is 267 g/mol. The molecular weight excluding hydrogens is 250 g/mol. The van der Waals surface area contributed by atoms with Crippen LogP contribution in [-0.4, -0.2) is 24.5 Å². The fraction of sp³-hybridized carbons (Fsp3) is 0.267. The van der Waals surface area contributed by atoms with Gasteiger partial charge in [0.2, 0.25) is 0 Å². The normalized spacial score (nSPS) is 12.5. The molecule has 3 aromatic heterocycles. The van der Waals surface area contributed by atoms with Crippen molar-refractivity contribution < 1.29 is 0 Å². The van der Waals surface area contributed by atoms with E-state index in [0.29, 0.717) is 0 Å². The van der Waals surface area contributed by atoms with E-state index < -0.39 is 0 Å². The number of H-pyrrole nitrogens is 1. The van der Waals surface area contributed by atoms with E-state index in [9.17, 15) is 0 Å². The molecule has 0 aliphatic rings. The summed E-state index contributed by atoms with van der Waals surface area (Å²) in [6, 6.07) is 4.34. The predicted octanol–water partition coefficient (Wildman–Crippen LogP) is 2.98. The maximum Gasteiger partial charge on any atom is 0.161 e. The molecule has 20 heavy (non-hydrogen) atoms. The molecule has 3 heterocycles. The lowest BCUT2D eigenvalue weighted by atomic mass is 10.1. The molecule has 0 saturated heterocycles. The summed E-state index contributed by atoms with van der Waals surface area (Å²) in [6.45, 7) is 4.18. The Hall–Kier alpha value is -2.43. The molecule has 5 nitrogen and oxygen atoms in total. The van der Waals surface area contributed by atoms with Crippen molar-refractivity contribution in [3.05, 3.63) is 54.5 Å². The van der Waals surface area contributed by atoms with Gasteiger partial charge in [0.15, 0.2) is 5.82 Å². The lowest BCUT2D eigenvalue weighted by Crippen LogP contribution is -2.11. The van der Waals surface area contributed by atoms with Gasteiger partial charge in [-0.05, 0) is 31.0 Å². The van der Waals surface area contributed by atoms with Gasteiger partial charge in [-0.3, -0.25) is 4.98 Å². The maximum absolute atomic E-state index is 4.48. The van der Waals surface area contributed by atoms with Crippen LogP contribution >= 0.6 is 0 Å². The number of imidazole rings is 2. The topological polar surface area (TPSA) is 59.4 Å². The molecule has 5 heteroatoms. The number of rotatable bonds is 4. The first kappa shape index (κ1) is 12.6. The number of nitrogens with one attached hydrogen (secondary N) is 1. The SMILES string of the molecule is CCC(c1ccncc1)n1ccnc1-c1nc[nH]c1C. The molecule has 0 radical (unpaired) electrons. The van der Waals surface area contributed by atoms with E-state index in [1.54, 1.807) is 6.33 Å². The average Bonchev–Trinajstić information content (AvgIpc) is 3.10. The van der Waals surface area contributed by atoms with E-state index in [1.807, 2.05) is 31.7 Å². The summed E-state index contributed by atoms with van der Waals surface area (Å²) in [4.78, 5) is 16.1. The third kappa shape index (κ3) is 2.11. The number of aryl methyl sites for hydroxylation is 1.